The number of thiophene rings is 1. The summed E-state index contributed by atoms with van der Waals surface area (Å²) in [7, 11) is 0. The van der Waals surface area contributed by atoms with E-state index in [0.29, 0.717) is 41.7 Å². The Hall–Kier alpha value is -3.73. The average Bonchev–Trinajstić information content (AvgIpc) is 3.43. The van der Waals surface area contributed by atoms with Gasteiger partial charge in [0.2, 0.25) is 0 Å². The summed E-state index contributed by atoms with van der Waals surface area (Å²) < 4.78 is 6.71. The lowest BCUT2D eigenvalue weighted by atomic mass is 10.1. The first kappa shape index (κ1) is 24.4. The van der Waals surface area contributed by atoms with Crippen LogP contribution in [0.15, 0.2) is 32.3 Å². The molecule has 1 amide bonds. The second-order valence-electron chi connectivity index (χ2n) is 8.37. The van der Waals surface area contributed by atoms with E-state index in [4.69, 9.17) is 10.3 Å². The van der Waals surface area contributed by atoms with Crippen LogP contribution in [0.1, 0.15) is 54.0 Å². The molecule has 4 rings (SSSR count). The number of hydrogen-bond acceptors (Lipinski definition) is 8. The average molecular weight is 497 g/mol. The molecule has 0 fully saturated rings. The first-order valence-corrected chi connectivity index (χ1v) is 12.4. The molecular weight excluding hydrogens is 468 g/mol. The Morgan fingerprint density at radius 3 is 2.66 bits per heavy atom. The van der Waals surface area contributed by atoms with Crippen molar-refractivity contribution < 1.29 is 9.32 Å². The van der Waals surface area contributed by atoms with Gasteiger partial charge in [0.05, 0.1) is 27.2 Å². The molecule has 10 nitrogen and oxygen atoms in total. The second kappa shape index (κ2) is 9.87. The van der Waals surface area contributed by atoms with Crippen LogP contribution in [0.4, 0.5) is 11.5 Å². The van der Waals surface area contributed by atoms with Crippen LogP contribution in [-0.4, -0.2) is 32.1 Å². The number of nitrogens with zero attached hydrogens (tertiary/aromatic N) is 4. The van der Waals surface area contributed by atoms with Gasteiger partial charge in [-0.3, -0.25) is 19.1 Å². The van der Waals surface area contributed by atoms with E-state index in [9.17, 15) is 14.4 Å². The maximum absolute atomic E-state index is 14.1. The molecule has 0 bridgehead atoms. The topological polar surface area (TPSA) is 140 Å². The molecule has 0 aliphatic carbocycles. The summed E-state index contributed by atoms with van der Waals surface area (Å²) in [4.78, 5) is 49.6. The van der Waals surface area contributed by atoms with Gasteiger partial charge in [-0.25, -0.2) is 9.78 Å². The maximum Gasteiger partial charge on any atom is 0.330 e. The number of carbonyl (C=O) groups excluding carboxylic acids is 1. The highest BCUT2D eigenvalue weighted by Gasteiger charge is 2.28. The Morgan fingerprint density at radius 1 is 1.23 bits per heavy atom. The highest BCUT2D eigenvalue weighted by atomic mass is 32.1. The quantitative estimate of drug-likeness (QED) is 0.377. The molecule has 0 unspecified atom stereocenters. The molecule has 0 atom stereocenters. The predicted octanol–water partition coefficient (Wildman–Crippen LogP) is 3.86. The summed E-state index contributed by atoms with van der Waals surface area (Å²) >= 11 is 1.55. The highest BCUT2D eigenvalue weighted by Crippen LogP contribution is 2.32. The number of hydrogen-bond donors (Lipinski definition) is 2. The van der Waals surface area contributed by atoms with Crippen LogP contribution in [0.5, 0.6) is 0 Å². The minimum atomic E-state index is -0.703. The number of amides is 1. The highest BCUT2D eigenvalue weighted by molar-refractivity contribution is 7.15. The monoisotopic (exact) mass is 496 g/mol. The van der Waals surface area contributed by atoms with Crippen LogP contribution >= 0.6 is 11.3 Å². The largest absolute Gasteiger partial charge is 0.383 e. The van der Waals surface area contributed by atoms with Crippen LogP contribution in [0.25, 0.3) is 21.7 Å². The van der Waals surface area contributed by atoms with Gasteiger partial charge in [-0.05, 0) is 44.9 Å². The molecule has 0 aliphatic heterocycles. The van der Waals surface area contributed by atoms with Gasteiger partial charge in [0, 0.05) is 18.0 Å². The third kappa shape index (κ3) is 4.51. The fraction of sp³-hybridized carbons (Fsp3) is 0.375. The molecule has 0 aliphatic rings. The number of fused-ring (bicyclic) bond motifs is 1. The summed E-state index contributed by atoms with van der Waals surface area (Å²) in [6, 6.07) is 5.61. The number of nitrogens with one attached hydrogen (secondary N) is 1. The molecule has 0 saturated heterocycles. The van der Waals surface area contributed by atoms with Gasteiger partial charge in [-0.2, -0.15) is 0 Å². The van der Waals surface area contributed by atoms with Crippen molar-refractivity contribution >= 4 is 39.8 Å². The molecule has 0 radical (unpaired) electrons. The number of pyridine rings is 1. The van der Waals surface area contributed by atoms with Gasteiger partial charge in [-0.15, -0.1) is 11.3 Å². The number of rotatable bonds is 8. The Bertz CT molecular complexity index is 1510. The molecule has 0 aromatic carbocycles. The summed E-state index contributed by atoms with van der Waals surface area (Å²) in [5.74, 6) is -0.475. The zero-order valence-corrected chi connectivity index (χ0v) is 21.0. The number of aromatic nitrogens is 4. The van der Waals surface area contributed by atoms with Crippen molar-refractivity contribution in [2.75, 3.05) is 17.2 Å². The van der Waals surface area contributed by atoms with Crippen molar-refractivity contribution in [2.24, 2.45) is 0 Å². The third-order valence-corrected chi connectivity index (χ3v) is 6.78. The smallest absolute Gasteiger partial charge is 0.330 e. The van der Waals surface area contributed by atoms with Crippen molar-refractivity contribution in [1.82, 2.24) is 19.7 Å². The number of aromatic amines is 1. The van der Waals surface area contributed by atoms with Crippen molar-refractivity contribution in [3.05, 3.63) is 55.2 Å². The van der Waals surface area contributed by atoms with Crippen LogP contribution in [0.3, 0.4) is 0 Å². The second-order valence-corrected chi connectivity index (χ2v) is 9.66. The molecule has 4 aromatic rings. The lowest BCUT2D eigenvalue weighted by Gasteiger charge is -2.25. The van der Waals surface area contributed by atoms with Gasteiger partial charge < -0.3 is 15.2 Å². The van der Waals surface area contributed by atoms with Gasteiger partial charge in [0.15, 0.2) is 5.69 Å². The van der Waals surface area contributed by atoms with Gasteiger partial charge in [0.1, 0.15) is 5.82 Å². The van der Waals surface area contributed by atoms with E-state index >= 15 is 0 Å². The van der Waals surface area contributed by atoms with E-state index in [0.717, 1.165) is 16.2 Å². The zero-order valence-electron chi connectivity index (χ0n) is 20.2. The van der Waals surface area contributed by atoms with Gasteiger partial charge in [0.25, 0.3) is 17.2 Å². The number of anilines is 2. The van der Waals surface area contributed by atoms with E-state index in [-0.39, 0.29) is 23.8 Å². The summed E-state index contributed by atoms with van der Waals surface area (Å²) in [5, 5.41) is 4.49. The molecule has 0 spiro atoms. The van der Waals surface area contributed by atoms with Crippen LogP contribution in [0, 0.1) is 13.8 Å². The fourth-order valence-electron chi connectivity index (χ4n) is 4.02. The summed E-state index contributed by atoms with van der Waals surface area (Å²) in [6.07, 6.45) is 2.05. The third-order valence-electron chi connectivity index (χ3n) is 5.75. The maximum atomic E-state index is 14.1. The Balaban J connectivity index is 1.94. The SMILES string of the molecule is CCCCN(C(=O)c1cc(-c2ccc(C)s2)nc2onc(C)c12)c1c(N)n(CCC)c(=O)[nH]c1=O. The standard InChI is InChI=1S/C24H28N6O4S/c1-5-7-11-29(19-20(25)30(10-6-2)24(33)27-21(19)31)23(32)15-12-16(17-9-8-13(3)35-17)26-22-18(15)14(4)28-34-22/h8-9,12H,5-7,10-11,25H2,1-4H3,(H,27,31,33). The minimum Gasteiger partial charge on any atom is -0.383 e. The Kier molecular flexibility index (Phi) is 6.88. The van der Waals surface area contributed by atoms with Crippen molar-refractivity contribution in [3.8, 4) is 10.6 Å². The number of nitrogens with two attached hydrogens (primary N) is 1. The number of unbranched alkanes of at least 4 members (excludes halogenated alkanes) is 1. The molecular formula is C24H28N6O4S. The van der Waals surface area contributed by atoms with Crippen LogP contribution in [0.2, 0.25) is 0 Å². The Morgan fingerprint density at radius 2 is 2.00 bits per heavy atom. The van der Waals surface area contributed by atoms with Crippen molar-refractivity contribution in [1.29, 1.82) is 0 Å². The lowest BCUT2D eigenvalue weighted by molar-refractivity contribution is 0.0987. The van der Waals surface area contributed by atoms with Crippen LogP contribution < -0.4 is 21.9 Å². The number of aryl methyl sites for hydroxylation is 2. The molecule has 0 saturated carbocycles. The number of nitrogen functional groups attached to an aromatic ring is 1. The van der Waals surface area contributed by atoms with E-state index in [1.54, 1.807) is 24.3 Å². The lowest BCUT2D eigenvalue weighted by Crippen LogP contribution is -2.41. The first-order chi connectivity index (χ1) is 16.8. The Labute approximate surface area is 205 Å². The van der Waals surface area contributed by atoms with Crippen molar-refractivity contribution in [3.63, 3.8) is 0 Å². The first-order valence-electron chi connectivity index (χ1n) is 11.5. The number of H-pyrrole nitrogens is 1. The molecule has 3 N–H and O–H groups in total. The van der Waals surface area contributed by atoms with E-state index in [2.05, 4.69) is 15.1 Å². The summed E-state index contributed by atoms with van der Waals surface area (Å²) in [5.41, 5.74) is 6.60. The van der Waals surface area contributed by atoms with E-state index < -0.39 is 17.2 Å². The predicted molar refractivity (Wildman–Crippen MR) is 137 cm³/mol. The van der Waals surface area contributed by atoms with Gasteiger partial charge in [-0.1, -0.05) is 25.4 Å². The fourth-order valence-corrected chi connectivity index (χ4v) is 4.85. The minimum absolute atomic E-state index is 0.0356. The van der Waals surface area contributed by atoms with Crippen LogP contribution in [-0.2, 0) is 6.54 Å². The molecule has 11 heteroatoms. The molecule has 35 heavy (non-hydrogen) atoms. The zero-order chi connectivity index (χ0) is 25.3. The summed E-state index contributed by atoms with van der Waals surface area (Å²) in [6.45, 7) is 8.17. The van der Waals surface area contributed by atoms with E-state index in [1.165, 1.54) is 9.47 Å². The molecule has 184 valence electrons. The van der Waals surface area contributed by atoms with Crippen molar-refractivity contribution in [2.45, 2.75) is 53.5 Å². The molecule has 4 aromatic heterocycles. The van der Waals surface area contributed by atoms with Gasteiger partial charge >= 0.3 is 5.69 Å². The normalized spacial score (nSPS) is 11.3. The number of carbonyl (C=O) groups is 1. The molecule has 4 heterocycles. The van der Waals surface area contributed by atoms with E-state index in [1.807, 2.05) is 32.9 Å².